The topological polar surface area (TPSA) is 66.4 Å². The molecule has 0 unspecified atom stereocenters. The van der Waals surface area contributed by atoms with E-state index in [4.69, 9.17) is 5.11 Å². The van der Waals surface area contributed by atoms with E-state index in [1.165, 1.54) is 0 Å². The molecule has 0 spiro atoms. The van der Waals surface area contributed by atoms with Crippen LogP contribution in [0.25, 0.3) is 0 Å². The second-order valence-electron chi connectivity index (χ2n) is 4.00. The smallest absolute Gasteiger partial charge is 0.240 e. The Bertz CT molecular complexity index is 506. The van der Waals surface area contributed by atoms with Gasteiger partial charge in [0, 0.05) is 23.4 Å². The van der Waals surface area contributed by atoms with Crippen LogP contribution in [0.5, 0.6) is 0 Å². The first kappa shape index (κ1) is 17.0. The molecule has 0 aliphatic carbocycles. The molecule has 19 heavy (non-hydrogen) atoms. The number of sulfonamides is 1. The van der Waals surface area contributed by atoms with Gasteiger partial charge in [-0.3, -0.25) is 0 Å². The minimum absolute atomic E-state index is 0.177. The molecule has 1 rings (SSSR count). The van der Waals surface area contributed by atoms with Crippen molar-refractivity contribution < 1.29 is 13.5 Å². The lowest BCUT2D eigenvalue weighted by Gasteiger charge is -2.09. The average Bonchev–Trinajstić information content (AvgIpc) is 2.36. The summed E-state index contributed by atoms with van der Waals surface area (Å²) in [6.45, 7) is 2.34. The Morgan fingerprint density at radius 3 is 2.79 bits per heavy atom. The van der Waals surface area contributed by atoms with Gasteiger partial charge in [0.2, 0.25) is 10.0 Å². The van der Waals surface area contributed by atoms with Crippen molar-refractivity contribution in [3.05, 3.63) is 28.2 Å². The molecule has 0 radical (unpaired) electrons. The van der Waals surface area contributed by atoms with Crippen molar-refractivity contribution in [2.45, 2.75) is 18.2 Å². The van der Waals surface area contributed by atoms with Gasteiger partial charge in [0.25, 0.3) is 0 Å². The average molecular weight is 368 g/mol. The molecule has 0 saturated carbocycles. The number of thioether (sulfide) groups is 1. The molecule has 1 aromatic rings. The van der Waals surface area contributed by atoms with Crippen LogP contribution in [-0.4, -0.2) is 38.2 Å². The molecule has 2 N–H and O–H groups in total. The number of aryl methyl sites for hydroxylation is 1. The minimum Gasteiger partial charge on any atom is -0.396 e. The van der Waals surface area contributed by atoms with E-state index < -0.39 is 10.0 Å². The van der Waals surface area contributed by atoms with E-state index in [9.17, 15) is 8.42 Å². The highest BCUT2D eigenvalue weighted by Crippen LogP contribution is 2.20. The lowest BCUT2D eigenvalue weighted by Crippen LogP contribution is -2.26. The first-order chi connectivity index (χ1) is 8.97. The maximum absolute atomic E-state index is 12.1. The van der Waals surface area contributed by atoms with E-state index in [1.807, 2.05) is 6.07 Å². The summed E-state index contributed by atoms with van der Waals surface area (Å²) in [6, 6.07) is 5.20. The third-order valence-corrected chi connectivity index (χ3v) is 5.59. The van der Waals surface area contributed by atoms with Crippen molar-refractivity contribution in [3.63, 3.8) is 0 Å². The second kappa shape index (κ2) is 8.26. The van der Waals surface area contributed by atoms with Crippen molar-refractivity contribution in [1.29, 1.82) is 0 Å². The van der Waals surface area contributed by atoms with E-state index in [0.29, 0.717) is 17.2 Å². The standard InChI is InChI=1S/C12H18BrNO3S2/c1-10-3-4-11(13)9-12(10)19(16,17)14-5-8-18-7-2-6-15/h3-4,9,14-15H,2,5-8H2,1H3. The predicted molar refractivity (Wildman–Crippen MR) is 83.1 cm³/mol. The number of hydrogen-bond donors (Lipinski definition) is 2. The number of nitrogens with one attached hydrogen (secondary N) is 1. The summed E-state index contributed by atoms with van der Waals surface area (Å²) >= 11 is 4.90. The summed E-state index contributed by atoms with van der Waals surface area (Å²) in [5, 5.41) is 8.63. The predicted octanol–water partition coefficient (Wildman–Crippen LogP) is 2.15. The highest BCUT2D eigenvalue weighted by atomic mass is 79.9. The van der Waals surface area contributed by atoms with Gasteiger partial charge in [0.1, 0.15) is 0 Å². The molecule has 4 nitrogen and oxygen atoms in total. The second-order valence-corrected chi connectivity index (χ2v) is 7.87. The Labute approximate surface area is 127 Å². The van der Waals surface area contributed by atoms with E-state index in [2.05, 4.69) is 20.7 Å². The van der Waals surface area contributed by atoms with Gasteiger partial charge in [-0.25, -0.2) is 13.1 Å². The van der Waals surface area contributed by atoms with Crippen LogP contribution in [0.2, 0.25) is 0 Å². The zero-order valence-corrected chi connectivity index (χ0v) is 13.9. The maximum atomic E-state index is 12.1. The molecule has 0 atom stereocenters. The van der Waals surface area contributed by atoms with Gasteiger partial charge in [-0.1, -0.05) is 22.0 Å². The number of aliphatic hydroxyl groups is 1. The van der Waals surface area contributed by atoms with Crippen LogP contribution >= 0.6 is 27.7 Å². The normalized spacial score (nSPS) is 11.7. The summed E-state index contributed by atoms with van der Waals surface area (Å²) < 4.78 is 27.6. The van der Waals surface area contributed by atoms with E-state index in [1.54, 1.807) is 30.8 Å². The molecule has 1 aromatic carbocycles. The Balaban J connectivity index is 2.54. The Kier molecular flexibility index (Phi) is 7.38. The Hall–Kier alpha value is -0.0800. The monoisotopic (exact) mass is 367 g/mol. The molecule has 0 aromatic heterocycles. The molecule has 0 heterocycles. The molecule has 108 valence electrons. The molecule has 0 bridgehead atoms. The van der Waals surface area contributed by atoms with Gasteiger partial charge >= 0.3 is 0 Å². The quantitative estimate of drug-likeness (QED) is 0.690. The lowest BCUT2D eigenvalue weighted by molar-refractivity contribution is 0.296. The molecule has 0 aliphatic rings. The van der Waals surface area contributed by atoms with E-state index >= 15 is 0 Å². The van der Waals surface area contributed by atoms with Crippen molar-refractivity contribution >= 4 is 37.7 Å². The maximum Gasteiger partial charge on any atom is 0.240 e. The number of halogens is 1. The van der Waals surface area contributed by atoms with Gasteiger partial charge in [0.15, 0.2) is 0 Å². The number of hydrogen-bond acceptors (Lipinski definition) is 4. The van der Waals surface area contributed by atoms with Crippen molar-refractivity contribution in [3.8, 4) is 0 Å². The van der Waals surface area contributed by atoms with E-state index in [-0.39, 0.29) is 6.61 Å². The van der Waals surface area contributed by atoms with Crippen LogP contribution in [0.1, 0.15) is 12.0 Å². The zero-order valence-electron chi connectivity index (χ0n) is 10.7. The van der Waals surface area contributed by atoms with Crippen LogP contribution in [0, 0.1) is 6.92 Å². The third kappa shape index (κ3) is 5.83. The summed E-state index contributed by atoms with van der Waals surface area (Å²) in [5.41, 5.74) is 0.726. The number of rotatable bonds is 8. The molecular formula is C12H18BrNO3S2. The van der Waals surface area contributed by atoms with E-state index in [0.717, 1.165) is 22.2 Å². The minimum atomic E-state index is -3.45. The van der Waals surface area contributed by atoms with Gasteiger partial charge in [0.05, 0.1) is 4.90 Å². The third-order valence-electron chi connectivity index (χ3n) is 2.42. The summed E-state index contributed by atoms with van der Waals surface area (Å²) in [5.74, 6) is 1.54. The fourth-order valence-corrected chi connectivity index (χ4v) is 4.18. The number of aliphatic hydroxyl groups excluding tert-OH is 1. The Morgan fingerprint density at radius 1 is 1.37 bits per heavy atom. The first-order valence-corrected chi connectivity index (χ1v) is 9.35. The zero-order chi connectivity index (χ0) is 14.3. The van der Waals surface area contributed by atoms with Gasteiger partial charge in [-0.2, -0.15) is 11.8 Å². The van der Waals surface area contributed by atoms with Crippen LogP contribution in [0.15, 0.2) is 27.6 Å². The highest BCUT2D eigenvalue weighted by Gasteiger charge is 2.16. The Morgan fingerprint density at radius 2 is 2.11 bits per heavy atom. The molecule has 0 aliphatic heterocycles. The molecule has 0 amide bonds. The van der Waals surface area contributed by atoms with Gasteiger partial charge < -0.3 is 5.11 Å². The summed E-state index contributed by atoms with van der Waals surface area (Å²) in [4.78, 5) is 0.308. The SMILES string of the molecule is Cc1ccc(Br)cc1S(=O)(=O)NCCSCCCO. The van der Waals surface area contributed by atoms with Gasteiger partial charge in [-0.15, -0.1) is 0 Å². The van der Waals surface area contributed by atoms with Crippen molar-refractivity contribution in [2.24, 2.45) is 0 Å². The molecule has 7 heteroatoms. The summed E-state index contributed by atoms with van der Waals surface area (Å²) in [6.07, 6.45) is 0.738. The van der Waals surface area contributed by atoms with Crippen molar-refractivity contribution in [1.82, 2.24) is 4.72 Å². The van der Waals surface area contributed by atoms with Crippen molar-refractivity contribution in [2.75, 3.05) is 24.7 Å². The summed E-state index contributed by atoms with van der Waals surface area (Å²) in [7, 11) is -3.45. The molecule has 0 fully saturated rings. The van der Waals surface area contributed by atoms with Crippen LogP contribution in [-0.2, 0) is 10.0 Å². The molecule has 0 saturated heterocycles. The fourth-order valence-electron chi connectivity index (χ4n) is 1.46. The van der Waals surface area contributed by atoms with Gasteiger partial charge in [-0.05, 0) is 36.8 Å². The number of benzene rings is 1. The largest absolute Gasteiger partial charge is 0.396 e. The van der Waals surface area contributed by atoms with Crippen LogP contribution in [0.4, 0.5) is 0 Å². The first-order valence-electron chi connectivity index (χ1n) is 5.92. The van der Waals surface area contributed by atoms with Crippen LogP contribution in [0.3, 0.4) is 0 Å². The fraction of sp³-hybridized carbons (Fsp3) is 0.500. The molecular weight excluding hydrogens is 350 g/mol. The lowest BCUT2D eigenvalue weighted by atomic mass is 10.2. The highest BCUT2D eigenvalue weighted by molar-refractivity contribution is 9.10. The van der Waals surface area contributed by atoms with Crippen LogP contribution < -0.4 is 4.72 Å².